The largest absolute Gasteiger partial charge is 0.462 e. The molecule has 1 aromatic heterocycles. The Kier molecular flexibility index (Phi) is 4.49. The summed E-state index contributed by atoms with van der Waals surface area (Å²) in [5.74, 6) is -1.27. The number of nitrogens with zero attached hydrogens (tertiary/aromatic N) is 1. The fourth-order valence-corrected chi connectivity index (χ4v) is 2.70. The van der Waals surface area contributed by atoms with Gasteiger partial charge in [-0.15, -0.1) is 0 Å². The lowest BCUT2D eigenvalue weighted by Crippen LogP contribution is -2.21. The molecule has 1 heterocycles. The summed E-state index contributed by atoms with van der Waals surface area (Å²) in [4.78, 5) is 24.6. The number of ether oxygens (including phenoxy) is 1. The normalized spacial score (nSPS) is 14.5. The molecule has 0 bridgehead atoms. The third kappa shape index (κ3) is 2.97. The van der Waals surface area contributed by atoms with E-state index >= 15 is 0 Å². The predicted octanol–water partition coefficient (Wildman–Crippen LogP) is 2.66. The highest BCUT2D eigenvalue weighted by Gasteiger charge is 2.27. The van der Waals surface area contributed by atoms with Crippen LogP contribution in [-0.4, -0.2) is 28.9 Å². The SMILES string of the molecule is CCOC(=O)c1cn(C2CC2)c2cc(/C=C/CO)c(F)cc2c1=O. The standard InChI is InChI=1S/C18H18FNO4/c1-2-24-18(23)14-10-20(12-5-6-12)16-8-11(4-3-7-21)15(19)9-13(16)17(14)22/h3-4,8-10,12,21H,2,5-7H2,1H3/b4-3+. The van der Waals surface area contributed by atoms with Crippen molar-refractivity contribution in [2.75, 3.05) is 13.2 Å². The first kappa shape index (κ1) is 16.4. The molecular formula is C18H18FNO4. The average Bonchev–Trinajstić information content (AvgIpc) is 3.39. The Morgan fingerprint density at radius 3 is 2.83 bits per heavy atom. The van der Waals surface area contributed by atoms with E-state index in [0.717, 1.165) is 18.9 Å². The molecule has 0 unspecified atom stereocenters. The molecule has 0 spiro atoms. The van der Waals surface area contributed by atoms with Crippen molar-refractivity contribution in [3.05, 3.63) is 51.6 Å². The Bertz CT molecular complexity index is 881. The van der Waals surface area contributed by atoms with Crippen molar-refractivity contribution in [1.29, 1.82) is 0 Å². The zero-order valence-electron chi connectivity index (χ0n) is 13.3. The molecule has 24 heavy (non-hydrogen) atoms. The van der Waals surface area contributed by atoms with Gasteiger partial charge in [0.25, 0.3) is 0 Å². The number of carbonyl (C=O) groups is 1. The highest BCUT2D eigenvalue weighted by atomic mass is 19.1. The van der Waals surface area contributed by atoms with Crippen molar-refractivity contribution in [1.82, 2.24) is 4.57 Å². The van der Waals surface area contributed by atoms with Gasteiger partial charge in [-0.2, -0.15) is 0 Å². The summed E-state index contributed by atoms with van der Waals surface area (Å²) in [6.45, 7) is 1.63. The summed E-state index contributed by atoms with van der Waals surface area (Å²) in [5.41, 5.74) is 0.259. The molecule has 126 valence electrons. The maximum atomic E-state index is 14.3. The van der Waals surface area contributed by atoms with E-state index in [1.807, 2.05) is 4.57 Å². The molecule has 1 N–H and O–H groups in total. The van der Waals surface area contributed by atoms with Gasteiger partial charge in [0.15, 0.2) is 0 Å². The minimum Gasteiger partial charge on any atom is -0.462 e. The Hall–Kier alpha value is -2.47. The molecule has 1 saturated carbocycles. The van der Waals surface area contributed by atoms with Crippen LogP contribution < -0.4 is 5.43 Å². The van der Waals surface area contributed by atoms with Crippen LogP contribution >= 0.6 is 0 Å². The number of benzene rings is 1. The third-order valence-electron chi connectivity index (χ3n) is 3.99. The summed E-state index contributed by atoms with van der Waals surface area (Å²) >= 11 is 0. The fraction of sp³-hybridized carbons (Fsp3) is 0.333. The minimum absolute atomic E-state index is 0.0747. The highest BCUT2D eigenvalue weighted by Crippen LogP contribution is 2.37. The van der Waals surface area contributed by atoms with Gasteiger partial charge in [-0.1, -0.05) is 12.2 Å². The second-order valence-corrected chi connectivity index (χ2v) is 5.71. The van der Waals surface area contributed by atoms with Crippen molar-refractivity contribution < 1.29 is 19.0 Å². The zero-order chi connectivity index (χ0) is 17.3. The van der Waals surface area contributed by atoms with E-state index < -0.39 is 17.2 Å². The molecule has 1 fully saturated rings. The Morgan fingerprint density at radius 1 is 1.46 bits per heavy atom. The number of hydrogen-bond donors (Lipinski definition) is 1. The molecule has 2 aromatic rings. The molecule has 1 aliphatic carbocycles. The molecule has 3 rings (SSSR count). The van der Waals surface area contributed by atoms with E-state index in [2.05, 4.69) is 0 Å². The van der Waals surface area contributed by atoms with Gasteiger partial charge in [-0.05, 0) is 31.9 Å². The lowest BCUT2D eigenvalue weighted by molar-refractivity contribution is 0.0524. The van der Waals surface area contributed by atoms with Gasteiger partial charge in [-0.3, -0.25) is 4.79 Å². The van der Waals surface area contributed by atoms with Crippen LogP contribution in [0.25, 0.3) is 17.0 Å². The van der Waals surface area contributed by atoms with Gasteiger partial charge in [0.1, 0.15) is 11.4 Å². The molecule has 0 atom stereocenters. The molecule has 1 aliphatic rings. The summed E-state index contributed by atoms with van der Waals surface area (Å²) < 4.78 is 21.0. The quantitative estimate of drug-likeness (QED) is 0.855. The number of esters is 1. The Morgan fingerprint density at radius 2 is 2.21 bits per heavy atom. The van der Waals surface area contributed by atoms with Gasteiger partial charge in [0, 0.05) is 23.2 Å². The lowest BCUT2D eigenvalue weighted by Gasteiger charge is -2.13. The van der Waals surface area contributed by atoms with Crippen LogP contribution in [0.2, 0.25) is 0 Å². The number of aliphatic hydroxyl groups excluding tert-OH is 1. The molecule has 0 aliphatic heterocycles. The first-order valence-corrected chi connectivity index (χ1v) is 7.89. The molecule has 5 nitrogen and oxygen atoms in total. The molecule has 6 heteroatoms. The first-order chi connectivity index (χ1) is 11.6. The molecule has 0 saturated heterocycles. The van der Waals surface area contributed by atoms with Crippen LogP contribution in [0.4, 0.5) is 4.39 Å². The Labute approximate surface area is 138 Å². The zero-order valence-corrected chi connectivity index (χ0v) is 13.3. The number of hydrogen-bond acceptors (Lipinski definition) is 4. The van der Waals surface area contributed by atoms with Crippen LogP contribution in [0.15, 0.2) is 29.2 Å². The van der Waals surface area contributed by atoms with Crippen molar-refractivity contribution in [3.63, 3.8) is 0 Å². The van der Waals surface area contributed by atoms with Gasteiger partial charge in [0.05, 0.1) is 18.7 Å². The minimum atomic E-state index is -0.691. The number of pyridine rings is 1. The number of carbonyl (C=O) groups excluding carboxylic acids is 1. The van der Waals surface area contributed by atoms with E-state index in [9.17, 15) is 14.0 Å². The molecule has 0 amide bonds. The van der Waals surface area contributed by atoms with Crippen LogP contribution in [0, 0.1) is 5.82 Å². The van der Waals surface area contributed by atoms with Crippen LogP contribution in [0.3, 0.4) is 0 Å². The summed E-state index contributed by atoms with van der Waals surface area (Å²) in [7, 11) is 0. The van der Waals surface area contributed by atoms with E-state index in [1.165, 1.54) is 18.3 Å². The smallest absolute Gasteiger partial charge is 0.343 e. The van der Waals surface area contributed by atoms with Crippen molar-refractivity contribution >= 4 is 22.9 Å². The lowest BCUT2D eigenvalue weighted by atomic mass is 10.1. The number of aromatic nitrogens is 1. The number of fused-ring (bicyclic) bond motifs is 1. The van der Waals surface area contributed by atoms with Crippen molar-refractivity contribution in [2.24, 2.45) is 0 Å². The van der Waals surface area contributed by atoms with Gasteiger partial charge in [-0.25, -0.2) is 9.18 Å². The topological polar surface area (TPSA) is 68.5 Å². The second-order valence-electron chi connectivity index (χ2n) is 5.71. The number of halogens is 1. The summed E-state index contributed by atoms with van der Waals surface area (Å²) in [6.07, 6.45) is 6.29. The molecule has 0 radical (unpaired) electrons. The number of rotatable bonds is 5. The predicted molar refractivity (Wildman–Crippen MR) is 88.5 cm³/mol. The van der Waals surface area contributed by atoms with Crippen LogP contribution in [0.5, 0.6) is 0 Å². The number of aliphatic hydroxyl groups is 1. The first-order valence-electron chi connectivity index (χ1n) is 7.89. The van der Waals surface area contributed by atoms with E-state index in [4.69, 9.17) is 9.84 Å². The second kappa shape index (κ2) is 6.57. The Balaban J connectivity index is 2.26. The maximum absolute atomic E-state index is 14.3. The monoisotopic (exact) mass is 331 g/mol. The van der Waals surface area contributed by atoms with Gasteiger partial charge in [0.2, 0.25) is 5.43 Å². The van der Waals surface area contributed by atoms with E-state index in [1.54, 1.807) is 13.0 Å². The average molecular weight is 331 g/mol. The van der Waals surface area contributed by atoms with E-state index in [0.29, 0.717) is 5.52 Å². The highest BCUT2D eigenvalue weighted by molar-refractivity contribution is 5.94. The summed E-state index contributed by atoms with van der Waals surface area (Å²) in [6, 6.07) is 2.92. The van der Waals surface area contributed by atoms with Crippen LogP contribution in [0.1, 0.15) is 41.7 Å². The van der Waals surface area contributed by atoms with Gasteiger partial charge >= 0.3 is 5.97 Å². The fourth-order valence-electron chi connectivity index (χ4n) is 2.70. The summed E-state index contributed by atoms with van der Waals surface area (Å²) in [5, 5.41) is 9.02. The molecular weight excluding hydrogens is 313 g/mol. The van der Waals surface area contributed by atoms with Crippen molar-refractivity contribution in [3.8, 4) is 0 Å². The molecule has 1 aromatic carbocycles. The van der Waals surface area contributed by atoms with Gasteiger partial charge < -0.3 is 14.4 Å². The van der Waals surface area contributed by atoms with Crippen LogP contribution in [-0.2, 0) is 4.74 Å². The third-order valence-corrected chi connectivity index (χ3v) is 3.99. The van der Waals surface area contributed by atoms with E-state index in [-0.39, 0.29) is 35.8 Å². The van der Waals surface area contributed by atoms with Crippen molar-refractivity contribution in [2.45, 2.75) is 25.8 Å². The maximum Gasteiger partial charge on any atom is 0.343 e.